The molecule has 94 valence electrons. The predicted octanol–water partition coefficient (Wildman–Crippen LogP) is 2.86. The predicted molar refractivity (Wildman–Crippen MR) is 73.1 cm³/mol. The van der Waals surface area contributed by atoms with Crippen molar-refractivity contribution in [3.05, 3.63) is 52.6 Å². The lowest BCUT2D eigenvalue weighted by Gasteiger charge is -1.94. The Morgan fingerprint density at radius 1 is 1.21 bits per heavy atom. The number of nitrogens with zero attached hydrogens (tertiary/aromatic N) is 3. The Hall–Kier alpha value is -2.21. The lowest BCUT2D eigenvalue weighted by atomic mass is 10.2. The maximum absolute atomic E-state index is 11.1. The first-order valence-electron chi connectivity index (χ1n) is 5.50. The van der Waals surface area contributed by atoms with Crippen LogP contribution in [0, 0.1) is 0 Å². The number of aromatic nitrogens is 3. The van der Waals surface area contributed by atoms with Crippen molar-refractivity contribution in [3.63, 3.8) is 0 Å². The summed E-state index contributed by atoms with van der Waals surface area (Å²) in [5.41, 5.74) is 1.31. The lowest BCUT2D eigenvalue weighted by Crippen LogP contribution is -2.00. The van der Waals surface area contributed by atoms with E-state index in [-0.39, 0.29) is 5.56 Å². The molecule has 0 atom stereocenters. The van der Waals surface area contributed by atoms with Gasteiger partial charge in [-0.05, 0) is 24.3 Å². The second-order valence-corrected chi connectivity index (χ2v) is 4.85. The van der Waals surface area contributed by atoms with Crippen molar-refractivity contribution in [1.82, 2.24) is 14.6 Å². The molecule has 5 nitrogen and oxygen atoms in total. The number of aromatic carboxylic acids is 1. The zero-order valence-corrected chi connectivity index (χ0v) is 11.2. The summed E-state index contributed by atoms with van der Waals surface area (Å²) in [7, 11) is 0. The van der Waals surface area contributed by atoms with Gasteiger partial charge in [-0.1, -0.05) is 28.1 Å². The molecule has 0 aliphatic rings. The normalized spacial score (nSPS) is 10.8. The number of pyridine rings is 1. The molecule has 0 saturated heterocycles. The van der Waals surface area contributed by atoms with E-state index in [2.05, 4.69) is 26.0 Å². The zero-order chi connectivity index (χ0) is 13.4. The molecule has 3 aromatic rings. The van der Waals surface area contributed by atoms with Crippen LogP contribution in [0.15, 0.2) is 47.1 Å². The number of rotatable bonds is 2. The van der Waals surface area contributed by atoms with Gasteiger partial charge in [0.2, 0.25) is 0 Å². The summed E-state index contributed by atoms with van der Waals surface area (Å²) in [5.74, 6) is -0.512. The van der Waals surface area contributed by atoms with Gasteiger partial charge in [-0.15, -0.1) is 5.10 Å². The van der Waals surface area contributed by atoms with E-state index < -0.39 is 5.97 Å². The van der Waals surface area contributed by atoms with Gasteiger partial charge in [0, 0.05) is 16.2 Å². The third-order valence-corrected chi connectivity index (χ3v) is 3.22. The standard InChI is InChI=1S/C13H8BrN3O2/c14-9-5-3-8(4-6-9)11-15-12-10(13(18)19)2-1-7-17(12)16-11/h1-7H,(H,18,19). The highest BCUT2D eigenvalue weighted by molar-refractivity contribution is 9.10. The average Bonchev–Trinajstić information content (AvgIpc) is 2.82. The molecule has 0 aliphatic carbocycles. The molecule has 1 aromatic carbocycles. The Morgan fingerprint density at radius 2 is 1.95 bits per heavy atom. The summed E-state index contributed by atoms with van der Waals surface area (Å²) in [6.45, 7) is 0. The van der Waals surface area contributed by atoms with Crippen molar-refractivity contribution >= 4 is 27.5 Å². The molecule has 1 N–H and O–H groups in total. The minimum Gasteiger partial charge on any atom is -0.478 e. The van der Waals surface area contributed by atoms with Gasteiger partial charge in [0.25, 0.3) is 0 Å². The summed E-state index contributed by atoms with van der Waals surface area (Å²) in [6, 6.07) is 10.7. The number of hydrogen-bond donors (Lipinski definition) is 1. The van der Waals surface area contributed by atoms with Crippen LogP contribution in [0.3, 0.4) is 0 Å². The Bertz CT molecular complexity index is 765. The molecule has 0 amide bonds. The number of halogens is 1. The summed E-state index contributed by atoms with van der Waals surface area (Å²) in [5, 5.41) is 13.4. The van der Waals surface area contributed by atoms with Gasteiger partial charge in [0.05, 0.1) is 0 Å². The summed E-state index contributed by atoms with van der Waals surface area (Å²) in [4.78, 5) is 15.4. The Labute approximate surface area is 116 Å². The fourth-order valence-electron chi connectivity index (χ4n) is 1.79. The Kier molecular flexibility index (Phi) is 2.79. The molecule has 2 aromatic heterocycles. The van der Waals surface area contributed by atoms with Gasteiger partial charge < -0.3 is 5.11 Å². The number of benzene rings is 1. The van der Waals surface area contributed by atoms with Crippen molar-refractivity contribution < 1.29 is 9.90 Å². The molecule has 0 radical (unpaired) electrons. The fraction of sp³-hybridized carbons (Fsp3) is 0. The number of fused-ring (bicyclic) bond motifs is 1. The first-order chi connectivity index (χ1) is 9.15. The smallest absolute Gasteiger partial charge is 0.339 e. The largest absolute Gasteiger partial charge is 0.478 e. The average molecular weight is 318 g/mol. The number of carboxylic acid groups (broad SMARTS) is 1. The molecule has 0 bridgehead atoms. The highest BCUT2D eigenvalue weighted by atomic mass is 79.9. The van der Waals surface area contributed by atoms with E-state index in [9.17, 15) is 4.79 Å². The summed E-state index contributed by atoms with van der Waals surface area (Å²) in [6.07, 6.45) is 1.68. The van der Waals surface area contributed by atoms with Crippen molar-refractivity contribution in [2.75, 3.05) is 0 Å². The molecule has 0 unspecified atom stereocenters. The van der Waals surface area contributed by atoms with Crippen LogP contribution >= 0.6 is 15.9 Å². The van der Waals surface area contributed by atoms with E-state index in [1.807, 2.05) is 24.3 Å². The molecular weight excluding hydrogens is 310 g/mol. The van der Waals surface area contributed by atoms with Gasteiger partial charge in [-0.2, -0.15) is 0 Å². The highest BCUT2D eigenvalue weighted by Gasteiger charge is 2.13. The molecule has 0 saturated carbocycles. The van der Waals surface area contributed by atoms with Crippen LogP contribution in [-0.4, -0.2) is 25.7 Å². The van der Waals surface area contributed by atoms with Crippen LogP contribution < -0.4 is 0 Å². The summed E-state index contributed by atoms with van der Waals surface area (Å²) < 4.78 is 2.44. The lowest BCUT2D eigenvalue weighted by molar-refractivity contribution is 0.0698. The SMILES string of the molecule is O=C(O)c1cccn2nc(-c3ccc(Br)cc3)nc12. The van der Waals surface area contributed by atoms with Crippen molar-refractivity contribution in [1.29, 1.82) is 0 Å². The van der Waals surface area contributed by atoms with Gasteiger partial charge in [-0.3, -0.25) is 0 Å². The van der Waals surface area contributed by atoms with Gasteiger partial charge in [-0.25, -0.2) is 14.3 Å². The van der Waals surface area contributed by atoms with Crippen LogP contribution in [0.2, 0.25) is 0 Å². The highest BCUT2D eigenvalue weighted by Crippen LogP contribution is 2.20. The second-order valence-electron chi connectivity index (χ2n) is 3.94. The second kappa shape index (κ2) is 4.47. The minimum absolute atomic E-state index is 0.137. The van der Waals surface area contributed by atoms with E-state index >= 15 is 0 Å². The van der Waals surface area contributed by atoms with Crippen LogP contribution in [0.5, 0.6) is 0 Å². The molecule has 0 spiro atoms. The van der Waals surface area contributed by atoms with Crippen molar-refractivity contribution in [3.8, 4) is 11.4 Å². The van der Waals surface area contributed by atoms with Crippen molar-refractivity contribution in [2.45, 2.75) is 0 Å². The molecule has 2 heterocycles. The number of carbonyl (C=O) groups is 1. The van der Waals surface area contributed by atoms with Gasteiger partial charge >= 0.3 is 5.97 Å². The number of hydrogen-bond acceptors (Lipinski definition) is 3. The molecule has 0 fully saturated rings. The minimum atomic E-state index is -1.01. The molecule has 19 heavy (non-hydrogen) atoms. The van der Waals surface area contributed by atoms with E-state index in [0.717, 1.165) is 10.0 Å². The zero-order valence-electron chi connectivity index (χ0n) is 9.62. The van der Waals surface area contributed by atoms with Crippen LogP contribution in [0.4, 0.5) is 0 Å². The summed E-state index contributed by atoms with van der Waals surface area (Å²) >= 11 is 3.36. The topological polar surface area (TPSA) is 67.5 Å². The molecular formula is C13H8BrN3O2. The number of carboxylic acids is 1. The van der Waals surface area contributed by atoms with Crippen LogP contribution in [-0.2, 0) is 0 Å². The maximum atomic E-state index is 11.1. The molecule has 3 rings (SSSR count). The van der Waals surface area contributed by atoms with Crippen molar-refractivity contribution in [2.24, 2.45) is 0 Å². The Balaban J connectivity index is 2.19. The maximum Gasteiger partial charge on any atom is 0.339 e. The fourth-order valence-corrected chi connectivity index (χ4v) is 2.06. The first-order valence-corrected chi connectivity index (χ1v) is 6.29. The van der Waals surface area contributed by atoms with Crippen LogP contribution in [0.25, 0.3) is 17.0 Å². The Morgan fingerprint density at radius 3 is 2.63 bits per heavy atom. The van der Waals surface area contributed by atoms with Crippen LogP contribution in [0.1, 0.15) is 10.4 Å². The van der Waals surface area contributed by atoms with E-state index in [1.54, 1.807) is 12.3 Å². The first kappa shape index (κ1) is 11.9. The molecule has 6 heteroatoms. The van der Waals surface area contributed by atoms with E-state index in [4.69, 9.17) is 5.11 Å². The monoisotopic (exact) mass is 317 g/mol. The van der Waals surface area contributed by atoms with Gasteiger partial charge in [0.1, 0.15) is 5.56 Å². The third kappa shape index (κ3) is 2.10. The van der Waals surface area contributed by atoms with E-state index in [1.165, 1.54) is 10.6 Å². The van der Waals surface area contributed by atoms with E-state index in [0.29, 0.717) is 11.5 Å². The quantitative estimate of drug-likeness (QED) is 0.789. The molecule has 0 aliphatic heterocycles. The van der Waals surface area contributed by atoms with Gasteiger partial charge in [0.15, 0.2) is 11.5 Å². The third-order valence-electron chi connectivity index (χ3n) is 2.70.